The lowest BCUT2D eigenvalue weighted by Crippen LogP contribution is -2.15. The Bertz CT molecular complexity index is 691. The summed E-state index contributed by atoms with van der Waals surface area (Å²) in [5.41, 5.74) is 0.229. The minimum Gasteiger partial charge on any atom is -0.321 e. The van der Waals surface area contributed by atoms with Crippen molar-refractivity contribution in [2.75, 3.05) is 11.6 Å². The van der Waals surface area contributed by atoms with E-state index in [1.165, 1.54) is 24.5 Å². The Morgan fingerprint density at radius 1 is 1.20 bits per heavy atom. The fourth-order valence-electron chi connectivity index (χ4n) is 1.73. The first-order valence-electron chi connectivity index (χ1n) is 5.68. The zero-order chi connectivity index (χ0) is 14.7. The number of rotatable bonds is 3. The van der Waals surface area contributed by atoms with Gasteiger partial charge in [-0.1, -0.05) is 29.8 Å². The lowest BCUT2D eigenvalue weighted by Gasteiger charge is -2.11. The first-order chi connectivity index (χ1) is 9.50. The zero-order valence-electron chi connectivity index (χ0n) is 10.5. The van der Waals surface area contributed by atoms with Gasteiger partial charge in [-0.15, -0.1) is 0 Å². The van der Waals surface area contributed by atoms with Crippen molar-refractivity contribution in [3.63, 3.8) is 0 Å². The van der Waals surface area contributed by atoms with Gasteiger partial charge in [0.2, 0.25) is 0 Å². The van der Waals surface area contributed by atoms with E-state index in [2.05, 4.69) is 5.32 Å². The van der Waals surface area contributed by atoms with Crippen LogP contribution in [0.2, 0.25) is 5.02 Å². The summed E-state index contributed by atoms with van der Waals surface area (Å²) in [5, 5.41) is 2.82. The summed E-state index contributed by atoms with van der Waals surface area (Å²) < 4.78 is 25.2. The minimum atomic E-state index is -1.37. The highest BCUT2D eigenvalue weighted by Gasteiger charge is 2.16. The van der Waals surface area contributed by atoms with Crippen LogP contribution in [-0.4, -0.2) is 16.4 Å². The summed E-state index contributed by atoms with van der Waals surface area (Å²) in [6.45, 7) is 0. The van der Waals surface area contributed by atoms with Crippen LogP contribution in [-0.2, 0) is 10.8 Å². The van der Waals surface area contributed by atoms with Crippen LogP contribution in [0.1, 0.15) is 10.4 Å². The summed E-state index contributed by atoms with van der Waals surface area (Å²) in [7, 11) is -1.37. The molecule has 3 nitrogen and oxygen atoms in total. The average molecular weight is 312 g/mol. The Hall–Kier alpha value is -1.72. The number of anilines is 1. The molecule has 1 amide bonds. The standard InChI is InChI=1S/C14H11ClFNO2S/c1-20(19)13-10(15)6-4-8-12(13)17-14(18)9-5-2-3-7-11(9)16/h2-8H,1H3,(H,17,18)/t20-/m1/s1. The first kappa shape index (κ1) is 14.7. The Labute approximate surface area is 123 Å². The molecule has 0 aliphatic rings. The van der Waals surface area contributed by atoms with E-state index < -0.39 is 22.5 Å². The molecule has 0 aromatic heterocycles. The lowest BCUT2D eigenvalue weighted by molar-refractivity contribution is 0.102. The van der Waals surface area contributed by atoms with Crippen molar-refractivity contribution in [3.8, 4) is 0 Å². The van der Waals surface area contributed by atoms with Crippen molar-refractivity contribution >= 4 is 34.0 Å². The highest BCUT2D eigenvalue weighted by molar-refractivity contribution is 7.84. The van der Waals surface area contributed by atoms with Crippen LogP contribution in [0.15, 0.2) is 47.4 Å². The molecule has 20 heavy (non-hydrogen) atoms. The maximum atomic E-state index is 13.5. The minimum absolute atomic E-state index is 0.0830. The van der Waals surface area contributed by atoms with Gasteiger partial charge in [0.25, 0.3) is 5.91 Å². The van der Waals surface area contributed by atoms with Gasteiger partial charge in [-0.3, -0.25) is 9.00 Å². The number of carbonyl (C=O) groups excluding carboxylic acids is 1. The van der Waals surface area contributed by atoms with Crippen LogP contribution in [0.3, 0.4) is 0 Å². The summed E-state index contributed by atoms with van der Waals surface area (Å²) in [6.07, 6.45) is 1.46. The number of hydrogen-bond donors (Lipinski definition) is 1. The van der Waals surface area contributed by atoms with Crippen molar-refractivity contribution in [2.45, 2.75) is 4.90 Å². The maximum absolute atomic E-state index is 13.5. The van der Waals surface area contributed by atoms with Gasteiger partial charge in [0, 0.05) is 6.26 Å². The van der Waals surface area contributed by atoms with Crippen molar-refractivity contribution in [3.05, 3.63) is 58.9 Å². The van der Waals surface area contributed by atoms with Gasteiger partial charge in [0.05, 0.1) is 32.0 Å². The fraction of sp³-hybridized carbons (Fsp3) is 0.0714. The highest BCUT2D eigenvalue weighted by atomic mass is 35.5. The average Bonchev–Trinajstić information content (AvgIpc) is 2.38. The molecule has 2 aromatic carbocycles. The summed E-state index contributed by atoms with van der Waals surface area (Å²) in [4.78, 5) is 12.3. The van der Waals surface area contributed by atoms with E-state index in [0.29, 0.717) is 10.6 Å². The van der Waals surface area contributed by atoms with Crippen molar-refractivity contribution in [2.24, 2.45) is 0 Å². The highest BCUT2D eigenvalue weighted by Crippen LogP contribution is 2.27. The molecule has 0 saturated heterocycles. The van der Waals surface area contributed by atoms with Crippen LogP contribution in [0, 0.1) is 5.82 Å². The molecule has 0 unspecified atom stereocenters. The number of carbonyl (C=O) groups is 1. The second-order valence-electron chi connectivity index (χ2n) is 4.00. The molecule has 0 radical (unpaired) electrons. The fourth-order valence-corrected chi connectivity index (χ4v) is 3.01. The van der Waals surface area contributed by atoms with Crippen LogP contribution in [0.5, 0.6) is 0 Å². The van der Waals surface area contributed by atoms with Gasteiger partial charge in [-0.2, -0.15) is 0 Å². The summed E-state index contributed by atoms with van der Waals surface area (Å²) >= 11 is 5.97. The largest absolute Gasteiger partial charge is 0.321 e. The van der Waals surface area contributed by atoms with Gasteiger partial charge in [-0.25, -0.2) is 4.39 Å². The molecule has 0 fully saturated rings. The third kappa shape index (κ3) is 3.05. The monoisotopic (exact) mass is 311 g/mol. The number of halogens is 2. The smallest absolute Gasteiger partial charge is 0.258 e. The van der Waals surface area contributed by atoms with E-state index in [1.807, 2.05) is 0 Å². The van der Waals surface area contributed by atoms with E-state index >= 15 is 0 Å². The molecule has 2 rings (SSSR count). The van der Waals surface area contributed by atoms with E-state index in [0.717, 1.165) is 0 Å². The van der Waals surface area contributed by atoms with Crippen molar-refractivity contribution < 1.29 is 13.4 Å². The quantitative estimate of drug-likeness (QED) is 0.943. The second-order valence-corrected chi connectivity index (χ2v) is 5.73. The van der Waals surface area contributed by atoms with Gasteiger partial charge in [0.1, 0.15) is 5.82 Å². The normalized spacial score (nSPS) is 11.9. The van der Waals surface area contributed by atoms with Gasteiger partial charge >= 0.3 is 0 Å². The molecular weight excluding hydrogens is 301 g/mol. The Kier molecular flexibility index (Phi) is 4.52. The van der Waals surface area contributed by atoms with Gasteiger partial charge in [-0.05, 0) is 24.3 Å². The number of hydrogen-bond acceptors (Lipinski definition) is 2. The van der Waals surface area contributed by atoms with Crippen LogP contribution in [0.25, 0.3) is 0 Å². The van der Waals surface area contributed by atoms with Crippen molar-refractivity contribution in [1.29, 1.82) is 0 Å². The molecule has 0 heterocycles. The zero-order valence-corrected chi connectivity index (χ0v) is 12.1. The first-order valence-corrected chi connectivity index (χ1v) is 7.62. The summed E-state index contributed by atoms with van der Waals surface area (Å²) in [6, 6.07) is 10.4. The van der Waals surface area contributed by atoms with Crippen LogP contribution in [0.4, 0.5) is 10.1 Å². The maximum Gasteiger partial charge on any atom is 0.258 e. The summed E-state index contributed by atoms with van der Waals surface area (Å²) in [5.74, 6) is -1.23. The SMILES string of the molecule is C[S@@](=O)c1c(Cl)cccc1NC(=O)c1ccccc1F. The van der Waals surface area contributed by atoms with Crippen LogP contribution >= 0.6 is 11.6 Å². The molecular formula is C14H11ClFNO2S. The molecule has 0 bridgehead atoms. The van der Waals surface area contributed by atoms with E-state index in [9.17, 15) is 13.4 Å². The molecule has 104 valence electrons. The number of amides is 1. The molecule has 1 atom stereocenters. The third-order valence-corrected chi connectivity index (χ3v) is 4.06. The van der Waals surface area contributed by atoms with E-state index in [4.69, 9.17) is 11.6 Å². The molecule has 0 spiro atoms. The van der Waals surface area contributed by atoms with E-state index in [1.54, 1.807) is 24.3 Å². The topological polar surface area (TPSA) is 46.2 Å². The predicted octanol–water partition coefficient (Wildman–Crippen LogP) is 3.47. The Balaban J connectivity index is 2.36. The Morgan fingerprint density at radius 3 is 2.55 bits per heavy atom. The predicted molar refractivity (Wildman–Crippen MR) is 78.1 cm³/mol. The van der Waals surface area contributed by atoms with Crippen molar-refractivity contribution in [1.82, 2.24) is 0 Å². The molecule has 2 aromatic rings. The third-order valence-electron chi connectivity index (χ3n) is 2.62. The lowest BCUT2D eigenvalue weighted by atomic mass is 10.2. The van der Waals surface area contributed by atoms with Gasteiger partial charge < -0.3 is 5.32 Å². The molecule has 0 aliphatic heterocycles. The second kappa shape index (κ2) is 6.15. The van der Waals surface area contributed by atoms with Gasteiger partial charge in [0.15, 0.2) is 0 Å². The van der Waals surface area contributed by atoms with E-state index in [-0.39, 0.29) is 10.6 Å². The Morgan fingerprint density at radius 2 is 1.90 bits per heavy atom. The molecule has 1 N–H and O–H groups in total. The number of benzene rings is 2. The molecule has 0 saturated carbocycles. The molecule has 0 aliphatic carbocycles. The molecule has 6 heteroatoms. The van der Waals surface area contributed by atoms with Crippen LogP contribution < -0.4 is 5.32 Å². The number of nitrogens with one attached hydrogen (secondary N) is 1.